The first-order valence-corrected chi connectivity index (χ1v) is 6.55. The number of hydrogen-bond donors (Lipinski definition) is 1. The summed E-state index contributed by atoms with van der Waals surface area (Å²) in [5.41, 5.74) is -0.618. The average Bonchev–Trinajstić information content (AvgIpc) is 2.31. The topological polar surface area (TPSA) is 49.8 Å². The van der Waals surface area contributed by atoms with Gasteiger partial charge >= 0.3 is 5.97 Å². The molecular formula is C10H17NO3S. The Kier molecular flexibility index (Phi) is 3.53. The molecule has 2 aliphatic rings. The number of hydrogen-bond acceptors (Lipinski definition) is 4. The fraction of sp³-hybridized carbons (Fsp3) is 0.900. The standard InChI is InChI=1S/C10H17NO3S/c12-9(13)10(2-1-7-15-8-10)11-3-5-14-6-4-11/h1-8H2,(H,12,13). The lowest BCUT2D eigenvalue weighted by molar-refractivity contribution is -0.153. The molecule has 0 aromatic carbocycles. The molecule has 2 saturated heterocycles. The second-order valence-corrected chi connectivity index (χ2v) is 5.20. The molecule has 2 heterocycles. The van der Waals surface area contributed by atoms with Crippen molar-refractivity contribution in [3.8, 4) is 0 Å². The third-order valence-corrected chi connectivity index (χ3v) is 4.49. The lowest BCUT2D eigenvalue weighted by Crippen LogP contribution is -2.60. The van der Waals surface area contributed by atoms with Crippen LogP contribution in [0.15, 0.2) is 0 Å². The fourth-order valence-electron chi connectivity index (χ4n) is 2.32. The van der Waals surface area contributed by atoms with Gasteiger partial charge in [-0.3, -0.25) is 9.69 Å². The van der Waals surface area contributed by atoms with Gasteiger partial charge in [0.1, 0.15) is 5.54 Å². The van der Waals surface area contributed by atoms with Crippen LogP contribution in [0.2, 0.25) is 0 Å². The molecule has 0 bridgehead atoms. The lowest BCUT2D eigenvalue weighted by atomic mass is 9.92. The summed E-state index contributed by atoms with van der Waals surface area (Å²) in [5, 5.41) is 9.45. The van der Waals surface area contributed by atoms with Gasteiger partial charge in [-0.05, 0) is 18.6 Å². The molecule has 0 saturated carbocycles. The summed E-state index contributed by atoms with van der Waals surface area (Å²) in [6, 6.07) is 0. The van der Waals surface area contributed by atoms with Gasteiger partial charge in [0.2, 0.25) is 0 Å². The molecule has 2 rings (SSSR count). The Bertz CT molecular complexity index is 235. The Balaban J connectivity index is 2.12. The molecule has 4 nitrogen and oxygen atoms in total. The third-order valence-electron chi connectivity index (χ3n) is 3.23. The summed E-state index contributed by atoms with van der Waals surface area (Å²) in [6.07, 6.45) is 1.80. The van der Waals surface area contributed by atoms with Crippen molar-refractivity contribution in [1.82, 2.24) is 4.90 Å². The number of thioether (sulfide) groups is 1. The number of carboxylic acid groups (broad SMARTS) is 1. The zero-order valence-electron chi connectivity index (χ0n) is 8.78. The normalized spacial score (nSPS) is 33.9. The summed E-state index contributed by atoms with van der Waals surface area (Å²) in [6.45, 7) is 2.85. The number of ether oxygens (including phenoxy) is 1. The van der Waals surface area contributed by atoms with Crippen molar-refractivity contribution < 1.29 is 14.6 Å². The van der Waals surface area contributed by atoms with Gasteiger partial charge in [-0.1, -0.05) is 0 Å². The molecule has 0 radical (unpaired) electrons. The molecule has 0 aliphatic carbocycles. The van der Waals surface area contributed by atoms with Gasteiger partial charge in [0, 0.05) is 18.8 Å². The summed E-state index contributed by atoms with van der Waals surface area (Å²) in [7, 11) is 0. The smallest absolute Gasteiger partial charge is 0.324 e. The highest BCUT2D eigenvalue weighted by molar-refractivity contribution is 7.99. The molecule has 0 aromatic rings. The van der Waals surface area contributed by atoms with E-state index in [1.165, 1.54) is 0 Å². The van der Waals surface area contributed by atoms with Crippen molar-refractivity contribution in [2.24, 2.45) is 0 Å². The Morgan fingerprint density at radius 2 is 2.13 bits per heavy atom. The van der Waals surface area contributed by atoms with E-state index in [0.29, 0.717) is 13.2 Å². The maximum atomic E-state index is 11.5. The molecule has 86 valence electrons. The molecule has 1 N–H and O–H groups in total. The predicted molar refractivity (Wildman–Crippen MR) is 59.3 cm³/mol. The molecule has 2 fully saturated rings. The number of nitrogens with zero attached hydrogens (tertiary/aromatic N) is 1. The highest BCUT2D eigenvalue weighted by atomic mass is 32.2. The minimum atomic E-state index is -0.656. The van der Waals surface area contributed by atoms with Crippen LogP contribution in [0.1, 0.15) is 12.8 Å². The quantitative estimate of drug-likeness (QED) is 0.757. The summed E-state index contributed by atoms with van der Waals surface area (Å²) >= 11 is 1.76. The predicted octanol–water partition coefficient (Wildman–Crippen LogP) is 0.669. The van der Waals surface area contributed by atoms with Crippen LogP contribution in [-0.2, 0) is 9.53 Å². The van der Waals surface area contributed by atoms with Crippen molar-refractivity contribution in [3.63, 3.8) is 0 Å². The van der Waals surface area contributed by atoms with E-state index < -0.39 is 11.5 Å². The van der Waals surface area contributed by atoms with Gasteiger partial charge in [-0.2, -0.15) is 11.8 Å². The molecule has 15 heavy (non-hydrogen) atoms. The van der Waals surface area contributed by atoms with Crippen LogP contribution in [0.5, 0.6) is 0 Å². The summed E-state index contributed by atoms with van der Waals surface area (Å²) in [5.74, 6) is 1.17. The van der Waals surface area contributed by atoms with E-state index in [-0.39, 0.29) is 0 Å². The molecule has 1 atom stereocenters. The minimum Gasteiger partial charge on any atom is -0.480 e. The van der Waals surface area contributed by atoms with Crippen LogP contribution in [0.25, 0.3) is 0 Å². The van der Waals surface area contributed by atoms with E-state index in [2.05, 4.69) is 4.90 Å². The largest absolute Gasteiger partial charge is 0.480 e. The number of carbonyl (C=O) groups is 1. The lowest BCUT2D eigenvalue weighted by Gasteiger charge is -2.44. The molecule has 5 heteroatoms. The molecular weight excluding hydrogens is 214 g/mol. The van der Waals surface area contributed by atoms with Gasteiger partial charge in [-0.15, -0.1) is 0 Å². The highest BCUT2D eigenvalue weighted by Crippen LogP contribution is 2.32. The maximum absolute atomic E-state index is 11.5. The first-order chi connectivity index (χ1) is 7.26. The Morgan fingerprint density at radius 3 is 2.67 bits per heavy atom. The van der Waals surface area contributed by atoms with Gasteiger partial charge in [0.25, 0.3) is 0 Å². The fourth-order valence-corrected chi connectivity index (χ4v) is 3.61. The summed E-state index contributed by atoms with van der Waals surface area (Å²) in [4.78, 5) is 13.6. The molecule has 0 amide bonds. The van der Waals surface area contributed by atoms with Crippen molar-refractivity contribution in [2.45, 2.75) is 18.4 Å². The molecule has 0 aromatic heterocycles. The third kappa shape index (κ3) is 2.14. The maximum Gasteiger partial charge on any atom is 0.324 e. The minimum absolute atomic E-state index is 0.618. The molecule has 1 unspecified atom stereocenters. The zero-order valence-corrected chi connectivity index (χ0v) is 9.59. The first kappa shape index (κ1) is 11.2. The Labute approximate surface area is 94.0 Å². The zero-order chi connectivity index (χ0) is 10.7. The Hall–Kier alpha value is -0.260. The number of aliphatic carboxylic acids is 1. The van der Waals surface area contributed by atoms with E-state index in [0.717, 1.165) is 37.4 Å². The van der Waals surface area contributed by atoms with E-state index in [4.69, 9.17) is 4.74 Å². The molecule has 0 spiro atoms. The van der Waals surface area contributed by atoms with Crippen molar-refractivity contribution in [2.75, 3.05) is 37.8 Å². The highest BCUT2D eigenvalue weighted by Gasteiger charge is 2.45. The summed E-state index contributed by atoms with van der Waals surface area (Å²) < 4.78 is 5.27. The van der Waals surface area contributed by atoms with E-state index in [1.54, 1.807) is 11.8 Å². The van der Waals surface area contributed by atoms with Crippen LogP contribution < -0.4 is 0 Å². The van der Waals surface area contributed by atoms with Crippen LogP contribution >= 0.6 is 11.8 Å². The van der Waals surface area contributed by atoms with Crippen LogP contribution in [0, 0.1) is 0 Å². The number of carboxylic acids is 1. The van der Waals surface area contributed by atoms with E-state index in [9.17, 15) is 9.90 Å². The first-order valence-electron chi connectivity index (χ1n) is 5.40. The van der Waals surface area contributed by atoms with E-state index >= 15 is 0 Å². The number of rotatable bonds is 2. The van der Waals surface area contributed by atoms with Crippen molar-refractivity contribution in [1.29, 1.82) is 0 Å². The van der Waals surface area contributed by atoms with Crippen LogP contribution in [0.3, 0.4) is 0 Å². The Morgan fingerprint density at radius 1 is 1.40 bits per heavy atom. The second-order valence-electron chi connectivity index (χ2n) is 4.09. The average molecular weight is 231 g/mol. The molecule has 2 aliphatic heterocycles. The monoisotopic (exact) mass is 231 g/mol. The SMILES string of the molecule is O=C(O)C1(N2CCOCC2)CCCSC1. The van der Waals surface area contributed by atoms with Crippen molar-refractivity contribution in [3.05, 3.63) is 0 Å². The van der Waals surface area contributed by atoms with Crippen LogP contribution in [0.4, 0.5) is 0 Å². The van der Waals surface area contributed by atoms with Gasteiger partial charge in [-0.25, -0.2) is 0 Å². The van der Waals surface area contributed by atoms with E-state index in [1.807, 2.05) is 0 Å². The van der Waals surface area contributed by atoms with Crippen LogP contribution in [-0.4, -0.2) is 59.3 Å². The second kappa shape index (κ2) is 4.72. The number of morpholine rings is 1. The van der Waals surface area contributed by atoms with Gasteiger partial charge < -0.3 is 9.84 Å². The van der Waals surface area contributed by atoms with Crippen molar-refractivity contribution >= 4 is 17.7 Å². The van der Waals surface area contributed by atoms with Gasteiger partial charge in [0.15, 0.2) is 0 Å². The van der Waals surface area contributed by atoms with Gasteiger partial charge in [0.05, 0.1) is 13.2 Å².